The van der Waals surface area contributed by atoms with E-state index >= 15 is 0 Å². The molecule has 0 aliphatic carbocycles. The summed E-state index contributed by atoms with van der Waals surface area (Å²) in [6, 6.07) is 12.3. The molecule has 0 atom stereocenters. The van der Waals surface area contributed by atoms with E-state index in [1.54, 1.807) is 6.07 Å². The summed E-state index contributed by atoms with van der Waals surface area (Å²) in [5, 5.41) is 2.81. The van der Waals surface area contributed by atoms with Crippen molar-refractivity contribution in [1.82, 2.24) is 10.2 Å². The molecule has 0 radical (unpaired) electrons. The molecule has 0 saturated carbocycles. The van der Waals surface area contributed by atoms with Gasteiger partial charge in [0.25, 0.3) is 5.91 Å². The van der Waals surface area contributed by atoms with Crippen LogP contribution in [0.1, 0.15) is 35.3 Å². The Morgan fingerprint density at radius 3 is 2.28 bits per heavy atom. The number of benzene rings is 2. The topological polar surface area (TPSA) is 41.6 Å². The lowest BCUT2D eigenvalue weighted by Crippen LogP contribution is -2.23. The van der Waals surface area contributed by atoms with E-state index in [1.165, 1.54) is 24.8 Å². The van der Waals surface area contributed by atoms with E-state index in [0.29, 0.717) is 6.54 Å². The van der Waals surface area contributed by atoms with Crippen molar-refractivity contribution in [2.75, 3.05) is 20.2 Å². The molecule has 0 bridgehead atoms. The van der Waals surface area contributed by atoms with Crippen LogP contribution in [0.25, 0.3) is 0 Å². The van der Waals surface area contributed by atoms with Crippen LogP contribution >= 0.6 is 0 Å². The Balaban J connectivity index is 1.92. The minimum Gasteiger partial charge on any atom is -0.494 e. The Bertz CT molecular complexity index is 697. The second kappa shape index (κ2) is 9.18. The van der Waals surface area contributed by atoms with Gasteiger partial charge < -0.3 is 10.1 Å². The number of amides is 1. The van der Waals surface area contributed by atoms with E-state index in [-0.39, 0.29) is 17.2 Å². The lowest BCUT2D eigenvalue weighted by molar-refractivity contribution is 0.0950. The Hall–Kier alpha value is -2.40. The maximum Gasteiger partial charge on any atom is 0.251 e. The van der Waals surface area contributed by atoms with Gasteiger partial charge in [-0.05, 0) is 42.4 Å². The molecule has 2 rings (SSSR count). The summed E-state index contributed by atoms with van der Waals surface area (Å²) in [6.45, 7) is 7.66. The van der Waals surface area contributed by atoms with E-state index < -0.39 is 5.82 Å². The van der Waals surface area contributed by atoms with E-state index in [0.717, 1.165) is 25.2 Å². The summed E-state index contributed by atoms with van der Waals surface area (Å²) in [4.78, 5) is 14.5. The van der Waals surface area contributed by atoms with Gasteiger partial charge in [0.2, 0.25) is 0 Å². The van der Waals surface area contributed by atoms with E-state index in [4.69, 9.17) is 4.74 Å². The highest BCUT2D eigenvalue weighted by Crippen LogP contribution is 2.17. The monoisotopic (exact) mass is 344 g/mol. The molecule has 0 saturated heterocycles. The molecule has 0 fully saturated rings. The van der Waals surface area contributed by atoms with Crippen LogP contribution in [0.2, 0.25) is 0 Å². The predicted octanol–water partition coefficient (Wildman–Crippen LogP) is 3.61. The van der Waals surface area contributed by atoms with Crippen LogP contribution in [-0.2, 0) is 13.1 Å². The Kier molecular flexibility index (Phi) is 6.95. The second-order valence-corrected chi connectivity index (χ2v) is 5.81. The highest BCUT2D eigenvalue weighted by atomic mass is 19.1. The lowest BCUT2D eigenvalue weighted by atomic mass is 10.1. The minimum atomic E-state index is -0.545. The van der Waals surface area contributed by atoms with Crippen LogP contribution in [0.4, 0.5) is 4.39 Å². The van der Waals surface area contributed by atoms with Crippen LogP contribution in [0, 0.1) is 5.82 Å². The van der Waals surface area contributed by atoms with Crippen LogP contribution in [0.5, 0.6) is 5.75 Å². The number of ether oxygens (including phenoxy) is 1. The highest BCUT2D eigenvalue weighted by molar-refractivity contribution is 5.94. The average Bonchev–Trinajstić information content (AvgIpc) is 2.65. The van der Waals surface area contributed by atoms with Crippen molar-refractivity contribution in [2.45, 2.75) is 26.9 Å². The molecule has 0 spiro atoms. The third kappa shape index (κ3) is 5.29. The SMILES string of the molecule is CCN(CC)Cc1ccc(CNC(=O)c2ccc(OC)c(F)c2)cc1. The molecule has 0 unspecified atom stereocenters. The molecule has 0 heterocycles. The van der Waals surface area contributed by atoms with Gasteiger partial charge in [0.15, 0.2) is 11.6 Å². The fraction of sp³-hybridized carbons (Fsp3) is 0.350. The van der Waals surface area contributed by atoms with Gasteiger partial charge in [0.1, 0.15) is 0 Å². The predicted molar refractivity (Wildman–Crippen MR) is 97.2 cm³/mol. The smallest absolute Gasteiger partial charge is 0.251 e. The molecule has 0 aliphatic rings. The summed E-state index contributed by atoms with van der Waals surface area (Å²) >= 11 is 0. The van der Waals surface area contributed by atoms with Crippen LogP contribution in [0.3, 0.4) is 0 Å². The number of carbonyl (C=O) groups excluding carboxylic acids is 1. The average molecular weight is 344 g/mol. The van der Waals surface area contributed by atoms with Crippen molar-refractivity contribution >= 4 is 5.91 Å². The van der Waals surface area contributed by atoms with Crippen molar-refractivity contribution < 1.29 is 13.9 Å². The first kappa shape index (κ1) is 18.9. The number of nitrogens with zero attached hydrogens (tertiary/aromatic N) is 1. The lowest BCUT2D eigenvalue weighted by Gasteiger charge is -2.18. The number of hydrogen-bond acceptors (Lipinski definition) is 3. The fourth-order valence-electron chi connectivity index (χ4n) is 2.56. The van der Waals surface area contributed by atoms with Crippen LogP contribution in [-0.4, -0.2) is 31.0 Å². The normalized spacial score (nSPS) is 10.8. The Labute approximate surface area is 148 Å². The van der Waals surface area contributed by atoms with Crippen molar-refractivity contribution in [2.24, 2.45) is 0 Å². The van der Waals surface area contributed by atoms with Gasteiger partial charge in [-0.25, -0.2) is 4.39 Å². The third-order valence-electron chi connectivity index (χ3n) is 4.19. The maximum atomic E-state index is 13.7. The quantitative estimate of drug-likeness (QED) is 0.795. The second-order valence-electron chi connectivity index (χ2n) is 5.81. The molecular weight excluding hydrogens is 319 g/mol. The molecule has 0 aliphatic heterocycles. The molecule has 2 aromatic rings. The van der Waals surface area contributed by atoms with Crippen molar-refractivity contribution in [3.8, 4) is 5.75 Å². The summed E-state index contributed by atoms with van der Waals surface area (Å²) in [5.41, 5.74) is 2.53. The first-order valence-corrected chi connectivity index (χ1v) is 8.49. The molecule has 5 heteroatoms. The summed E-state index contributed by atoms with van der Waals surface area (Å²) in [5.74, 6) is -0.731. The summed E-state index contributed by atoms with van der Waals surface area (Å²) < 4.78 is 18.5. The molecule has 2 aromatic carbocycles. The van der Waals surface area contributed by atoms with Gasteiger partial charge >= 0.3 is 0 Å². The number of rotatable bonds is 8. The zero-order valence-corrected chi connectivity index (χ0v) is 15.0. The first-order valence-electron chi connectivity index (χ1n) is 8.49. The van der Waals surface area contributed by atoms with Crippen molar-refractivity contribution in [3.05, 3.63) is 65.0 Å². The maximum absolute atomic E-state index is 13.7. The van der Waals surface area contributed by atoms with E-state index in [2.05, 4.69) is 36.2 Å². The highest BCUT2D eigenvalue weighted by Gasteiger charge is 2.10. The van der Waals surface area contributed by atoms with Gasteiger partial charge in [-0.1, -0.05) is 38.1 Å². The van der Waals surface area contributed by atoms with E-state index in [1.807, 2.05) is 12.1 Å². The zero-order valence-electron chi connectivity index (χ0n) is 15.0. The summed E-state index contributed by atoms with van der Waals surface area (Å²) in [6.07, 6.45) is 0. The number of halogens is 1. The summed E-state index contributed by atoms with van der Waals surface area (Å²) in [7, 11) is 1.39. The van der Waals surface area contributed by atoms with Gasteiger partial charge in [0.05, 0.1) is 7.11 Å². The van der Waals surface area contributed by atoms with Gasteiger partial charge in [-0.3, -0.25) is 9.69 Å². The van der Waals surface area contributed by atoms with Gasteiger partial charge in [0, 0.05) is 18.7 Å². The molecule has 1 N–H and O–H groups in total. The minimum absolute atomic E-state index is 0.125. The van der Waals surface area contributed by atoms with Crippen molar-refractivity contribution in [1.29, 1.82) is 0 Å². The molecule has 4 nitrogen and oxygen atoms in total. The van der Waals surface area contributed by atoms with Gasteiger partial charge in [-0.2, -0.15) is 0 Å². The number of nitrogens with one attached hydrogen (secondary N) is 1. The molecular formula is C20H25FN2O2. The largest absolute Gasteiger partial charge is 0.494 e. The first-order chi connectivity index (χ1) is 12.1. The Morgan fingerprint density at radius 1 is 1.08 bits per heavy atom. The molecule has 0 aromatic heterocycles. The third-order valence-corrected chi connectivity index (χ3v) is 4.19. The molecule has 134 valence electrons. The van der Waals surface area contributed by atoms with Crippen LogP contribution < -0.4 is 10.1 Å². The standard InChI is InChI=1S/C20H25FN2O2/c1-4-23(5-2)14-16-8-6-15(7-9-16)13-22-20(24)17-10-11-19(25-3)18(21)12-17/h6-12H,4-5,13-14H2,1-3H3,(H,22,24). The number of methoxy groups -OCH3 is 1. The van der Waals surface area contributed by atoms with Gasteiger partial charge in [-0.15, -0.1) is 0 Å². The van der Waals surface area contributed by atoms with Crippen molar-refractivity contribution in [3.63, 3.8) is 0 Å². The number of carbonyl (C=O) groups is 1. The Morgan fingerprint density at radius 2 is 1.72 bits per heavy atom. The zero-order chi connectivity index (χ0) is 18.2. The number of hydrogen-bond donors (Lipinski definition) is 1. The molecule has 25 heavy (non-hydrogen) atoms. The fourth-order valence-corrected chi connectivity index (χ4v) is 2.56. The van der Waals surface area contributed by atoms with Crippen LogP contribution in [0.15, 0.2) is 42.5 Å². The van der Waals surface area contributed by atoms with E-state index in [9.17, 15) is 9.18 Å². The molecule has 1 amide bonds.